The highest BCUT2D eigenvalue weighted by Crippen LogP contribution is 2.27. The molecule has 0 saturated carbocycles. The van der Waals surface area contributed by atoms with Crippen molar-refractivity contribution in [3.8, 4) is 0 Å². The first kappa shape index (κ1) is 18.0. The summed E-state index contributed by atoms with van der Waals surface area (Å²) in [4.78, 5) is 9.51. The molecule has 0 amide bonds. The first-order valence-electron chi connectivity index (χ1n) is 9.51. The monoisotopic (exact) mass is 341 g/mol. The molecular formula is C20H31N5. The number of aliphatic imine (C=N–C) groups is 1. The van der Waals surface area contributed by atoms with Gasteiger partial charge in [0.25, 0.3) is 0 Å². The molecule has 3 N–H and O–H groups in total. The molecule has 2 aliphatic rings. The first-order valence-corrected chi connectivity index (χ1v) is 9.51. The molecule has 1 fully saturated rings. The van der Waals surface area contributed by atoms with Crippen molar-refractivity contribution < 1.29 is 0 Å². The van der Waals surface area contributed by atoms with E-state index in [-0.39, 0.29) is 0 Å². The lowest BCUT2D eigenvalue weighted by molar-refractivity contribution is 0.316. The lowest BCUT2D eigenvalue weighted by Crippen LogP contribution is -2.46. The van der Waals surface area contributed by atoms with E-state index in [9.17, 15) is 0 Å². The Hall–Kier alpha value is -1.85. The Morgan fingerprint density at radius 1 is 1.08 bits per heavy atom. The summed E-state index contributed by atoms with van der Waals surface area (Å²) in [5.41, 5.74) is 10.1. The van der Waals surface area contributed by atoms with Gasteiger partial charge in [0.15, 0.2) is 0 Å². The van der Waals surface area contributed by atoms with Crippen molar-refractivity contribution in [1.29, 1.82) is 0 Å². The molecule has 5 heteroatoms. The quantitative estimate of drug-likeness (QED) is 0.794. The maximum absolute atomic E-state index is 5.91. The molecule has 3 rings (SSSR count). The van der Waals surface area contributed by atoms with Crippen LogP contribution >= 0.6 is 0 Å². The molecule has 2 heterocycles. The number of nitrogens with one attached hydrogen (secondary N) is 1. The van der Waals surface area contributed by atoms with Crippen molar-refractivity contribution in [3.05, 3.63) is 41.2 Å². The Bertz CT molecular complexity index is 615. The van der Waals surface area contributed by atoms with Crippen LogP contribution in [-0.2, 0) is 12.8 Å². The molecule has 0 atom stereocenters. The summed E-state index contributed by atoms with van der Waals surface area (Å²) in [5, 5.41) is 3.26. The lowest BCUT2D eigenvalue weighted by Gasteiger charge is -2.38. The average Bonchev–Trinajstić information content (AvgIpc) is 2.68. The summed E-state index contributed by atoms with van der Waals surface area (Å²) in [6.45, 7) is 5.85. The Morgan fingerprint density at radius 2 is 1.88 bits per heavy atom. The molecule has 0 radical (unpaired) electrons. The summed E-state index contributed by atoms with van der Waals surface area (Å²) in [6.07, 6.45) is 8.52. The molecule has 1 aromatic carbocycles. The van der Waals surface area contributed by atoms with Gasteiger partial charge >= 0.3 is 0 Å². The highest BCUT2D eigenvalue weighted by Gasteiger charge is 2.21. The number of allylic oxidation sites excluding steroid dienone is 1. The third-order valence-corrected chi connectivity index (χ3v) is 5.08. The number of nitrogens with two attached hydrogens (primary N) is 1. The van der Waals surface area contributed by atoms with E-state index in [1.807, 2.05) is 13.3 Å². The molecular weight excluding hydrogens is 310 g/mol. The van der Waals surface area contributed by atoms with Crippen LogP contribution in [0.25, 0.3) is 0 Å². The summed E-state index contributed by atoms with van der Waals surface area (Å²) < 4.78 is 0. The topological polar surface area (TPSA) is 56.9 Å². The second-order valence-electron chi connectivity index (χ2n) is 6.73. The fraction of sp³-hybridized carbons (Fsp3) is 0.550. The predicted octanol–water partition coefficient (Wildman–Crippen LogP) is 1.78. The van der Waals surface area contributed by atoms with Crippen molar-refractivity contribution in [2.45, 2.75) is 25.7 Å². The molecule has 2 aliphatic heterocycles. The first-order chi connectivity index (χ1) is 12.3. The van der Waals surface area contributed by atoms with Gasteiger partial charge in [-0.3, -0.25) is 0 Å². The molecule has 25 heavy (non-hydrogen) atoms. The van der Waals surface area contributed by atoms with Gasteiger partial charge in [0.1, 0.15) is 5.82 Å². The number of likely N-dealkylation sites (N-methyl/N-ethyl adjacent to an activating group) is 1. The van der Waals surface area contributed by atoms with E-state index < -0.39 is 0 Å². The van der Waals surface area contributed by atoms with E-state index in [2.05, 4.69) is 44.4 Å². The van der Waals surface area contributed by atoms with Crippen LogP contribution in [0, 0.1) is 0 Å². The van der Waals surface area contributed by atoms with Gasteiger partial charge < -0.3 is 20.9 Å². The van der Waals surface area contributed by atoms with Gasteiger partial charge in [0, 0.05) is 38.1 Å². The lowest BCUT2D eigenvalue weighted by atomic mass is 9.98. The van der Waals surface area contributed by atoms with Gasteiger partial charge in [0.2, 0.25) is 0 Å². The van der Waals surface area contributed by atoms with Gasteiger partial charge in [-0.05, 0) is 69.1 Å². The Morgan fingerprint density at radius 3 is 2.56 bits per heavy atom. The zero-order valence-electron chi connectivity index (χ0n) is 15.4. The Balaban J connectivity index is 1.71. The van der Waals surface area contributed by atoms with Crippen LogP contribution in [0.1, 0.15) is 24.0 Å². The summed E-state index contributed by atoms with van der Waals surface area (Å²) in [7, 11) is 2.01. The van der Waals surface area contributed by atoms with Gasteiger partial charge in [-0.1, -0.05) is 12.1 Å². The number of hydrogen-bond donors (Lipinski definition) is 2. The number of nitrogens with zero attached hydrogens (tertiary/aromatic N) is 3. The Kier molecular flexibility index (Phi) is 6.48. The zero-order chi connectivity index (χ0) is 17.5. The highest BCUT2D eigenvalue weighted by molar-refractivity contribution is 5.61. The average molecular weight is 342 g/mol. The standard InChI is InChI=1S/C20H31N5/c1-22-12-9-17-5-4-6-19(18(17)8-10-21)24-13-15-25(16-14-24)20-7-2-3-11-23-20/h4-7,11,22H,2-3,8-10,12-16,21H2,1H3. The number of anilines is 1. The van der Waals surface area contributed by atoms with Crippen molar-refractivity contribution in [3.63, 3.8) is 0 Å². The van der Waals surface area contributed by atoms with Crippen molar-refractivity contribution in [2.24, 2.45) is 10.7 Å². The van der Waals surface area contributed by atoms with Crippen LogP contribution in [0.4, 0.5) is 5.69 Å². The third-order valence-electron chi connectivity index (χ3n) is 5.08. The fourth-order valence-corrected chi connectivity index (χ4v) is 3.73. The maximum Gasteiger partial charge on any atom is 0.124 e. The minimum Gasteiger partial charge on any atom is -0.368 e. The van der Waals surface area contributed by atoms with Crippen LogP contribution in [0.15, 0.2) is 35.1 Å². The van der Waals surface area contributed by atoms with Crippen LogP contribution < -0.4 is 16.0 Å². The van der Waals surface area contributed by atoms with Gasteiger partial charge in [-0.25, -0.2) is 4.99 Å². The van der Waals surface area contributed by atoms with E-state index in [4.69, 9.17) is 5.73 Å². The highest BCUT2D eigenvalue weighted by atomic mass is 15.3. The van der Waals surface area contributed by atoms with E-state index >= 15 is 0 Å². The van der Waals surface area contributed by atoms with Gasteiger partial charge in [-0.2, -0.15) is 0 Å². The number of rotatable bonds is 7. The predicted molar refractivity (Wildman–Crippen MR) is 106 cm³/mol. The number of benzene rings is 1. The van der Waals surface area contributed by atoms with Gasteiger partial charge in [-0.15, -0.1) is 0 Å². The second kappa shape index (κ2) is 9.02. The number of hydrogen-bond acceptors (Lipinski definition) is 5. The fourth-order valence-electron chi connectivity index (χ4n) is 3.73. The third kappa shape index (κ3) is 4.41. The molecule has 0 unspecified atom stereocenters. The van der Waals surface area contributed by atoms with Crippen LogP contribution in [0.5, 0.6) is 0 Å². The molecule has 136 valence electrons. The van der Waals surface area contributed by atoms with E-state index in [1.165, 1.54) is 16.8 Å². The van der Waals surface area contributed by atoms with Crippen LogP contribution in [0.2, 0.25) is 0 Å². The van der Waals surface area contributed by atoms with Crippen molar-refractivity contribution >= 4 is 11.9 Å². The molecule has 0 bridgehead atoms. The molecule has 0 aromatic heterocycles. The SMILES string of the molecule is CNCCc1cccc(N2CCN(C3=CCCC=N3)CC2)c1CCN. The van der Waals surface area contributed by atoms with Crippen LogP contribution in [0.3, 0.4) is 0 Å². The van der Waals surface area contributed by atoms with E-state index in [0.29, 0.717) is 6.54 Å². The molecule has 0 aliphatic carbocycles. The normalized spacial score (nSPS) is 17.8. The molecule has 5 nitrogen and oxygen atoms in total. The van der Waals surface area contributed by atoms with Gasteiger partial charge in [0.05, 0.1) is 0 Å². The van der Waals surface area contributed by atoms with Crippen molar-refractivity contribution in [1.82, 2.24) is 10.2 Å². The smallest absolute Gasteiger partial charge is 0.124 e. The van der Waals surface area contributed by atoms with E-state index in [0.717, 1.165) is 64.2 Å². The largest absolute Gasteiger partial charge is 0.368 e. The minimum atomic E-state index is 0.700. The second-order valence-corrected chi connectivity index (χ2v) is 6.73. The maximum atomic E-state index is 5.91. The minimum absolute atomic E-state index is 0.700. The summed E-state index contributed by atoms with van der Waals surface area (Å²) in [5.74, 6) is 1.16. The number of piperazine rings is 1. The summed E-state index contributed by atoms with van der Waals surface area (Å²) >= 11 is 0. The van der Waals surface area contributed by atoms with E-state index in [1.54, 1.807) is 0 Å². The van der Waals surface area contributed by atoms with Crippen LogP contribution in [-0.4, -0.2) is 57.4 Å². The summed E-state index contributed by atoms with van der Waals surface area (Å²) in [6, 6.07) is 6.71. The molecule has 0 spiro atoms. The Labute approximate surface area is 151 Å². The molecule has 1 aromatic rings. The molecule has 1 saturated heterocycles. The zero-order valence-corrected chi connectivity index (χ0v) is 15.4. The van der Waals surface area contributed by atoms with Crippen molar-refractivity contribution in [2.75, 3.05) is 51.2 Å².